The molecule has 0 unspecified atom stereocenters. The summed E-state index contributed by atoms with van der Waals surface area (Å²) < 4.78 is 5.06. The zero-order chi connectivity index (χ0) is 11.8. The Morgan fingerprint density at radius 1 is 1.40 bits per heavy atom. The summed E-state index contributed by atoms with van der Waals surface area (Å²) in [6.07, 6.45) is 3.30. The lowest BCUT2D eigenvalue weighted by molar-refractivity contribution is -0.139. The van der Waals surface area contributed by atoms with E-state index in [-0.39, 0.29) is 5.97 Å². The monoisotopic (exact) mass is 208 g/mol. The van der Waals surface area contributed by atoms with Crippen molar-refractivity contribution in [2.45, 2.75) is 27.7 Å². The van der Waals surface area contributed by atoms with Crippen LogP contribution in [0.4, 0.5) is 0 Å². The van der Waals surface area contributed by atoms with Crippen LogP contribution in [0.2, 0.25) is 0 Å². The zero-order valence-electron chi connectivity index (χ0n) is 10.0. The minimum Gasteiger partial charge on any atom is -0.461 e. The fourth-order valence-electron chi connectivity index (χ4n) is 0.778. The predicted octanol–water partition coefficient (Wildman–Crippen LogP) is 3.11. The number of hydrogen-bond acceptors (Lipinski definition) is 2. The van der Waals surface area contributed by atoms with Gasteiger partial charge in [0.05, 0.1) is 6.61 Å². The Bertz CT molecular complexity index is 279. The van der Waals surface area contributed by atoms with Gasteiger partial charge in [0.25, 0.3) is 0 Å². The molecule has 2 nitrogen and oxygen atoms in total. The fourth-order valence-corrected chi connectivity index (χ4v) is 0.778. The van der Waals surface area contributed by atoms with E-state index in [1.165, 1.54) is 6.08 Å². The first-order chi connectivity index (χ1) is 6.97. The van der Waals surface area contributed by atoms with Crippen LogP contribution in [0.25, 0.3) is 0 Å². The second-order valence-electron chi connectivity index (χ2n) is 4.17. The molecule has 0 radical (unpaired) electrons. The summed E-state index contributed by atoms with van der Waals surface area (Å²) in [7, 11) is 0. The molecule has 0 aromatic heterocycles. The van der Waals surface area contributed by atoms with Crippen molar-refractivity contribution >= 4 is 5.97 Å². The first-order valence-electron chi connectivity index (χ1n) is 5.23. The van der Waals surface area contributed by atoms with E-state index < -0.39 is 0 Å². The number of carbonyl (C=O) groups is 1. The Hall–Kier alpha value is -1.27. The normalized spacial score (nSPS) is 9.73. The van der Waals surface area contributed by atoms with Crippen molar-refractivity contribution in [3.05, 3.63) is 30.0 Å². The summed E-state index contributed by atoms with van der Waals surface area (Å²) in [6, 6.07) is 0. The van der Waals surface area contributed by atoms with Crippen molar-refractivity contribution in [2.24, 2.45) is 11.8 Å². The molecule has 0 aliphatic carbocycles. The molecule has 0 N–H and O–H groups in total. The molecule has 0 amide bonds. The van der Waals surface area contributed by atoms with Gasteiger partial charge in [0, 0.05) is 0 Å². The van der Waals surface area contributed by atoms with Crippen molar-refractivity contribution in [2.75, 3.05) is 6.61 Å². The van der Waals surface area contributed by atoms with Gasteiger partial charge in [0.1, 0.15) is 5.57 Å². The third-order valence-electron chi connectivity index (χ3n) is 1.54. The van der Waals surface area contributed by atoms with Gasteiger partial charge in [0.2, 0.25) is 0 Å². The molecule has 0 aromatic rings. The number of carbonyl (C=O) groups excluding carboxylic acids is 1. The van der Waals surface area contributed by atoms with E-state index in [2.05, 4.69) is 12.3 Å². The molecule has 0 aliphatic heterocycles. The Balaban J connectivity index is 4.48. The highest BCUT2D eigenvalue weighted by atomic mass is 16.5. The van der Waals surface area contributed by atoms with E-state index in [9.17, 15) is 4.79 Å². The van der Waals surface area contributed by atoms with Gasteiger partial charge in [-0.3, -0.25) is 0 Å². The van der Waals surface area contributed by atoms with Gasteiger partial charge >= 0.3 is 5.97 Å². The molecule has 0 rings (SSSR count). The molecule has 15 heavy (non-hydrogen) atoms. The highest BCUT2D eigenvalue weighted by Gasteiger charge is 2.07. The number of hydrogen-bond donors (Lipinski definition) is 0. The predicted molar refractivity (Wildman–Crippen MR) is 62.4 cm³/mol. The van der Waals surface area contributed by atoms with Gasteiger partial charge < -0.3 is 4.74 Å². The zero-order valence-corrected chi connectivity index (χ0v) is 10.0. The van der Waals surface area contributed by atoms with Gasteiger partial charge in [-0.15, -0.1) is 5.73 Å². The lowest BCUT2D eigenvalue weighted by atomic mass is 10.2. The largest absolute Gasteiger partial charge is 0.461 e. The average molecular weight is 208 g/mol. The lowest BCUT2D eigenvalue weighted by Crippen LogP contribution is -2.10. The lowest BCUT2D eigenvalue weighted by Gasteiger charge is -2.06. The molecule has 84 valence electrons. The Labute approximate surface area is 92.3 Å². The minimum atomic E-state index is -0.351. The average Bonchev–Trinajstić information content (AvgIpc) is 2.15. The van der Waals surface area contributed by atoms with E-state index in [1.54, 1.807) is 0 Å². The number of esters is 1. The number of ether oxygens (including phenoxy) is 1. The van der Waals surface area contributed by atoms with Crippen molar-refractivity contribution < 1.29 is 9.53 Å². The third kappa shape index (κ3) is 6.75. The van der Waals surface area contributed by atoms with Crippen molar-refractivity contribution in [3.63, 3.8) is 0 Å². The number of rotatable bonds is 5. The van der Waals surface area contributed by atoms with E-state index in [4.69, 9.17) is 4.74 Å². The van der Waals surface area contributed by atoms with E-state index in [0.717, 1.165) is 0 Å². The Morgan fingerprint density at radius 3 is 2.40 bits per heavy atom. The third-order valence-corrected chi connectivity index (χ3v) is 1.54. The quantitative estimate of drug-likeness (QED) is 0.300. The maximum Gasteiger partial charge on any atom is 0.346 e. The molecule has 0 saturated heterocycles. The smallest absolute Gasteiger partial charge is 0.346 e. The first-order valence-corrected chi connectivity index (χ1v) is 5.23. The molecule has 0 aromatic carbocycles. The van der Waals surface area contributed by atoms with Crippen LogP contribution >= 0.6 is 0 Å². The van der Waals surface area contributed by atoms with Gasteiger partial charge in [-0.2, -0.15) is 0 Å². The molecule has 0 atom stereocenters. The highest BCUT2D eigenvalue weighted by Crippen LogP contribution is 2.02. The Kier molecular flexibility index (Phi) is 6.48. The fraction of sp³-hybridized carbons (Fsp3) is 0.538. The summed E-state index contributed by atoms with van der Waals surface area (Å²) in [6.45, 7) is 12.0. The van der Waals surface area contributed by atoms with Crippen molar-refractivity contribution in [3.8, 4) is 0 Å². The van der Waals surface area contributed by atoms with Crippen LogP contribution in [0.3, 0.4) is 0 Å². The maximum atomic E-state index is 11.5. The molecule has 2 heteroatoms. The van der Waals surface area contributed by atoms with Crippen molar-refractivity contribution in [1.82, 2.24) is 0 Å². The second-order valence-corrected chi connectivity index (χ2v) is 4.17. The Morgan fingerprint density at radius 2 is 2.00 bits per heavy atom. The molecule has 0 saturated carbocycles. The van der Waals surface area contributed by atoms with Crippen molar-refractivity contribution in [1.29, 1.82) is 0 Å². The molecule has 0 spiro atoms. The summed E-state index contributed by atoms with van der Waals surface area (Å²) in [5.41, 5.74) is 3.28. The molecular weight excluding hydrogens is 188 g/mol. The van der Waals surface area contributed by atoms with Gasteiger partial charge in [-0.05, 0) is 24.0 Å². The maximum absolute atomic E-state index is 11.5. The molecular formula is C13H20O2. The standard InChI is InChI=1S/C13H20O2/c1-6-12(8-7-10(2)3)13(14)15-9-11(4)5/h6-7,10-11H,1,9H2,2-5H3. The van der Waals surface area contributed by atoms with Crippen LogP contribution < -0.4 is 0 Å². The van der Waals surface area contributed by atoms with Gasteiger partial charge in [-0.1, -0.05) is 34.3 Å². The van der Waals surface area contributed by atoms with E-state index >= 15 is 0 Å². The highest BCUT2D eigenvalue weighted by molar-refractivity contribution is 5.91. The summed E-state index contributed by atoms with van der Waals surface area (Å²) in [4.78, 5) is 11.5. The summed E-state index contributed by atoms with van der Waals surface area (Å²) >= 11 is 0. The second kappa shape index (κ2) is 7.08. The molecule has 0 heterocycles. The first kappa shape index (κ1) is 13.7. The SMILES string of the molecule is C=CC(=C=CC(C)C)C(=O)OCC(C)C. The van der Waals surface area contributed by atoms with Crippen LogP contribution in [0, 0.1) is 11.8 Å². The van der Waals surface area contributed by atoms with Crippen LogP contribution in [0.15, 0.2) is 30.0 Å². The van der Waals surface area contributed by atoms with Gasteiger partial charge in [-0.25, -0.2) is 4.79 Å². The molecule has 0 bridgehead atoms. The van der Waals surface area contributed by atoms with Crippen LogP contribution in [-0.4, -0.2) is 12.6 Å². The van der Waals surface area contributed by atoms with E-state index in [1.807, 2.05) is 33.8 Å². The topological polar surface area (TPSA) is 26.3 Å². The van der Waals surface area contributed by atoms with E-state index in [0.29, 0.717) is 24.0 Å². The molecule has 0 fully saturated rings. The summed E-state index contributed by atoms with van der Waals surface area (Å²) in [5, 5.41) is 0. The molecule has 0 aliphatic rings. The van der Waals surface area contributed by atoms with Gasteiger partial charge in [0.15, 0.2) is 0 Å². The van der Waals surface area contributed by atoms with Crippen LogP contribution in [0.5, 0.6) is 0 Å². The van der Waals surface area contributed by atoms with Crippen LogP contribution in [0.1, 0.15) is 27.7 Å². The summed E-state index contributed by atoms with van der Waals surface area (Å²) in [5.74, 6) is 0.350. The van der Waals surface area contributed by atoms with Crippen LogP contribution in [-0.2, 0) is 9.53 Å². The minimum absolute atomic E-state index is 0.342.